The van der Waals surface area contributed by atoms with E-state index >= 15 is 0 Å². The maximum atomic E-state index is 12.2. The van der Waals surface area contributed by atoms with Gasteiger partial charge in [-0.3, -0.25) is 4.79 Å². The zero-order valence-electron chi connectivity index (χ0n) is 11.1. The topological polar surface area (TPSA) is 72.5 Å². The molecule has 7 heteroatoms. The van der Waals surface area contributed by atoms with Crippen LogP contribution in [-0.2, 0) is 14.6 Å². The maximum Gasteiger partial charge on any atom is 0.250 e. The molecule has 0 aromatic heterocycles. The van der Waals surface area contributed by atoms with E-state index in [-0.39, 0.29) is 30.1 Å². The molecule has 1 amide bonds. The average Bonchev–Trinajstić information content (AvgIpc) is 2.77. The highest BCUT2D eigenvalue weighted by molar-refractivity contribution is 9.10. The second kappa shape index (κ2) is 5.46. The van der Waals surface area contributed by atoms with Crippen LogP contribution < -0.4 is 10.1 Å². The minimum Gasteiger partial charge on any atom is -0.488 e. The third kappa shape index (κ3) is 3.29. The number of amides is 1. The number of rotatable bonds is 2. The van der Waals surface area contributed by atoms with Crippen LogP contribution in [0.3, 0.4) is 0 Å². The Hall–Kier alpha value is -1.34. The molecule has 2 heterocycles. The third-order valence-electron chi connectivity index (χ3n) is 3.54. The van der Waals surface area contributed by atoms with Crippen LogP contribution in [0.2, 0.25) is 0 Å². The highest BCUT2D eigenvalue weighted by Crippen LogP contribution is 2.29. The van der Waals surface area contributed by atoms with Crippen LogP contribution in [-0.4, -0.2) is 38.5 Å². The highest BCUT2D eigenvalue weighted by Gasteiger charge is 2.30. The minimum atomic E-state index is -3.00. The van der Waals surface area contributed by atoms with Gasteiger partial charge in [-0.15, -0.1) is 0 Å². The summed E-state index contributed by atoms with van der Waals surface area (Å²) in [4.78, 5) is 12.2. The molecule has 1 saturated heterocycles. The van der Waals surface area contributed by atoms with Gasteiger partial charge in [0.25, 0.3) is 5.91 Å². The van der Waals surface area contributed by atoms with E-state index in [4.69, 9.17) is 4.74 Å². The summed E-state index contributed by atoms with van der Waals surface area (Å²) in [5, 5.41) is 2.77. The summed E-state index contributed by atoms with van der Waals surface area (Å²) in [7, 11) is -3.00. The average molecular weight is 372 g/mol. The monoisotopic (exact) mass is 371 g/mol. The summed E-state index contributed by atoms with van der Waals surface area (Å²) in [5.41, 5.74) is 1.34. The highest BCUT2D eigenvalue weighted by atomic mass is 79.9. The first-order chi connectivity index (χ1) is 9.93. The van der Waals surface area contributed by atoms with Crippen molar-refractivity contribution in [3.05, 3.63) is 33.8 Å². The molecule has 5 nitrogen and oxygen atoms in total. The Bertz CT molecular complexity index is 726. The van der Waals surface area contributed by atoms with Gasteiger partial charge >= 0.3 is 0 Å². The van der Waals surface area contributed by atoms with Crippen molar-refractivity contribution in [3.8, 4) is 5.75 Å². The number of fused-ring (bicyclic) bond motifs is 1. The van der Waals surface area contributed by atoms with Gasteiger partial charge in [0, 0.05) is 16.1 Å². The molecule has 0 bridgehead atoms. The molecule has 0 aliphatic carbocycles. The molecule has 1 N–H and O–H groups in total. The van der Waals surface area contributed by atoms with Crippen molar-refractivity contribution in [3.63, 3.8) is 0 Å². The Morgan fingerprint density at radius 1 is 1.38 bits per heavy atom. The molecular formula is C14H14BrNO4S. The predicted molar refractivity (Wildman–Crippen MR) is 82.8 cm³/mol. The molecule has 1 atom stereocenters. The van der Waals surface area contributed by atoms with Crippen molar-refractivity contribution in [2.45, 2.75) is 12.5 Å². The van der Waals surface area contributed by atoms with E-state index in [2.05, 4.69) is 21.2 Å². The lowest BCUT2D eigenvalue weighted by Gasteiger charge is -2.19. The van der Waals surface area contributed by atoms with Crippen LogP contribution >= 0.6 is 15.9 Å². The maximum absolute atomic E-state index is 12.2. The van der Waals surface area contributed by atoms with E-state index in [9.17, 15) is 13.2 Å². The lowest BCUT2D eigenvalue weighted by Crippen LogP contribution is -2.38. The normalized spacial score (nSPS) is 22.9. The van der Waals surface area contributed by atoms with E-state index in [1.54, 1.807) is 6.08 Å². The zero-order valence-corrected chi connectivity index (χ0v) is 13.5. The largest absolute Gasteiger partial charge is 0.488 e. The number of nitrogens with one attached hydrogen (secondary N) is 1. The van der Waals surface area contributed by atoms with Crippen molar-refractivity contribution in [2.75, 3.05) is 18.1 Å². The van der Waals surface area contributed by atoms with Crippen LogP contribution in [0.4, 0.5) is 0 Å². The van der Waals surface area contributed by atoms with Crippen LogP contribution in [0.15, 0.2) is 28.2 Å². The smallest absolute Gasteiger partial charge is 0.250 e. The van der Waals surface area contributed by atoms with Crippen LogP contribution in [0.1, 0.15) is 12.0 Å². The molecule has 1 aromatic carbocycles. The van der Waals surface area contributed by atoms with Crippen molar-refractivity contribution >= 4 is 37.8 Å². The fourth-order valence-electron chi connectivity index (χ4n) is 2.47. The summed E-state index contributed by atoms with van der Waals surface area (Å²) in [6.45, 7) is 0.194. The fourth-order valence-corrected chi connectivity index (χ4v) is 4.52. The third-order valence-corrected chi connectivity index (χ3v) is 5.81. The Labute approximate surface area is 131 Å². The van der Waals surface area contributed by atoms with Gasteiger partial charge in [-0.1, -0.05) is 15.9 Å². The van der Waals surface area contributed by atoms with E-state index in [0.717, 1.165) is 15.8 Å². The molecule has 21 heavy (non-hydrogen) atoms. The number of halogens is 1. The van der Waals surface area contributed by atoms with Gasteiger partial charge < -0.3 is 10.1 Å². The molecule has 1 aromatic rings. The second-order valence-corrected chi connectivity index (χ2v) is 8.36. The lowest BCUT2D eigenvalue weighted by molar-refractivity contribution is -0.118. The molecule has 1 fully saturated rings. The van der Waals surface area contributed by atoms with Crippen LogP contribution in [0, 0.1) is 0 Å². The van der Waals surface area contributed by atoms with Gasteiger partial charge in [-0.2, -0.15) is 0 Å². The van der Waals surface area contributed by atoms with Crippen molar-refractivity contribution in [1.29, 1.82) is 0 Å². The van der Waals surface area contributed by atoms with E-state index < -0.39 is 9.84 Å². The molecular weight excluding hydrogens is 358 g/mol. The summed E-state index contributed by atoms with van der Waals surface area (Å²) >= 11 is 3.38. The Balaban J connectivity index is 1.74. The van der Waals surface area contributed by atoms with Gasteiger partial charge in [0.2, 0.25) is 0 Å². The molecule has 112 valence electrons. The van der Waals surface area contributed by atoms with E-state index in [0.29, 0.717) is 12.0 Å². The van der Waals surface area contributed by atoms with E-state index in [1.807, 2.05) is 18.2 Å². The lowest BCUT2D eigenvalue weighted by atomic mass is 10.1. The van der Waals surface area contributed by atoms with Crippen molar-refractivity contribution in [1.82, 2.24) is 5.32 Å². The molecule has 2 aliphatic rings. The number of hydrogen-bond donors (Lipinski definition) is 1. The fraction of sp³-hybridized carbons (Fsp3) is 0.357. The first-order valence-corrected chi connectivity index (χ1v) is 9.19. The van der Waals surface area contributed by atoms with Crippen LogP contribution in [0.25, 0.3) is 6.08 Å². The molecule has 0 radical (unpaired) electrons. The summed E-state index contributed by atoms with van der Waals surface area (Å²) < 4.78 is 29.3. The Kier molecular flexibility index (Phi) is 3.79. The summed E-state index contributed by atoms with van der Waals surface area (Å²) in [6, 6.07) is 5.30. The van der Waals surface area contributed by atoms with Gasteiger partial charge in [-0.05, 0) is 30.7 Å². The number of ether oxygens (including phenoxy) is 1. The molecule has 0 spiro atoms. The van der Waals surface area contributed by atoms with Crippen molar-refractivity contribution in [2.24, 2.45) is 0 Å². The SMILES string of the molecule is O=C(NC1CCS(=O)(=O)C1)C1=Cc2cc(Br)ccc2OC1. The number of carbonyl (C=O) groups excluding carboxylic acids is 1. The van der Waals surface area contributed by atoms with Crippen molar-refractivity contribution < 1.29 is 17.9 Å². The first kappa shape index (κ1) is 14.6. The summed E-state index contributed by atoms with van der Waals surface area (Å²) in [6.07, 6.45) is 2.26. The zero-order chi connectivity index (χ0) is 15.0. The van der Waals surface area contributed by atoms with Gasteiger partial charge in [0.15, 0.2) is 9.84 Å². The predicted octanol–water partition coefficient (Wildman–Crippen LogP) is 1.53. The first-order valence-electron chi connectivity index (χ1n) is 6.57. The standard InChI is InChI=1S/C14H14BrNO4S/c15-11-1-2-13-9(6-11)5-10(7-20-13)14(17)16-12-3-4-21(18,19)8-12/h1-2,5-6,12H,3-4,7-8H2,(H,16,17). The number of sulfone groups is 1. The van der Waals surface area contributed by atoms with Gasteiger partial charge in [0.1, 0.15) is 12.4 Å². The van der Waals surface area contributed by atoms with Gasteiger partial charge in [0.05, 0.1) is 17.1 Å². The molecule has 0 saturated carbocycles. The molecule has 2 aliphatic heterocycles. The van der Waals surface area contributed by atoms with Crippen LogP contribution in [0.5, 0.6) is 5.75 Å². The molecule has 3 rings (SSSR count). The number of benzene rings is 1. The number of carbonyl (C=O) groups is 1. The summed E-state index contributed by atoms with van der Waals surface area (Å²) in [5.74, 6) is 0.638. The quantitative estimate of drug-likeness (QED) is 0.855. The minimum absolute atomic E-state index is 0.0228. The Morgan fingerprint density at radius 2 is 2.19 bits per heavy atom. The number of hydrogen-bond acceptors (Lipinski definition) is 4. The Morgan fingerprint density at radius 3 is 2.90 bits per heavy atom. The van der Waals surface area contributed by atoms with Gasteiger partial charge in [-0.25, -0.2) is 8.42 Å². The molecule has 1 unspecified atom stereocenters. The van der Waals surface area contributed by atoms with E-state index in [1.165, 1.54) is 0 Å². The second-order valence-electron chi connectivity index (χ2n) is 5.21.